The van der Waals surface area contributed by atoms with Crippen LogP contribution in [0.5, 0.6) is 0 Å². The van der Waals surface area contributed by atoms with Gasteiger partial charge < -0.3 is 10.3 Å². The van der Waals surface area contributed by atoms with Gasteiger partial charge in [0, 0.05) is 36.7 Å². The molecule has 2 N–H and O–H groups in total. The second-order valence-electron chi connectivity index (χ2n) is 5.57. The molecule has 3 rings (SSSR count). The molecule has 0 saturated carbocycles. The summed E-state index contributed by atoms with van der Waals surface area (Å²) in [5.74, 6) is 0. The van der Waals surface area contributed by atoms with E-state index in [4.69, 9.17) is 5.73 Å². The van der Waals surface area contributed by atoms with Crippen molar-refractivity contribution in [3.05, 3.63) is 66.1 Å². The Hall–Kier alpha value is -2.13. The lowest BCUT2D eigenvalue weighted by Gasteiger charge is -2.09. The van der Waals surface area contributed by atoms with E-state index in [1.807, 2.05) is 12.3 Å². The molecule has 0 spiro atoms. The molecule has 0 fully saturated rings. The second kappa shape index (κ2) is 6.10. The number of hydrogen-bond donors (Lipinski definition) is 1. The van der Waals surface area contributed by atoms with Gasteiger partial charge in [0.2, 0.25) is 0 Å². The minimum absolute atomic E-state index is 0.250. The predicted octanol–water partition coefficient (Wildman–Crippen LogP) is 3.36. The molecule has 0 radical (unpaired) electrons. The first-order valence-corrected chi connectivity index (χ1v) is 7.48. The first kappa shape index (κ1) is 13.8. The Balaban J connectivity index is 1.86. The number of aromatic nitrogens is 2. The van der Waals surface area contributed by atoms with Gasteiger partial charge in [-0.3, -0.25) is 4.98 Å². The van der Waals surface area contributed by atoms with Crippen molar-refractivity contribution in [1.82, 2.24) is 9.55 Å². The number of nitrogens with two attached hydrogens (primary N) is 1. The Labute approximate surface area is 125 Å². The smallest absolute Gasteiger partial charge is 0.0491 e. The van der Waals surface area contributed by atoms with Crippen molar-refractivity contribution < 1.29 is 0 Å². The van der Waals surface area contributed by atoms with Gasteiger partial charge in [-0.1, -0.05) is 19.1 Å². The lowest BCUT2D eigenvalue weighted by molar-refractivity contribution is 0.647. The number of pyridine rings is 1. The first-order chi connectivity index (χ1) is 10.3. The monoisotopic (exact) mass is 279 g/mol. The zero-order valence-corrected chi connectivity index (χ0v) is 12.4. The highest BCUT2D eigenvalue weighted by atomic mass is 15.0. The average molecular weight is 279 g/mol. The highest BCUT2D eigenvalue weighted by Crippen LogP contribution is 2.20. The lowest BCUT2D eigenvalue weighted by Crippen LogP contribution is -2.21. The van der Waals surface area contributed by atoms with Gasteiger partial charge in [-0.05, 0) is 53.6 Å². The van der Waals surface area contributed by atoms with Crippen molar-refractivity contribution in [2.45, 2.75) is 32.4 Å². The fourth-order valence-electron chi connectivity index (χ4n) is 2.65. The molecule has 0 aliphatic carbocycles. The van der Waals surface area contributed by atoms with Crippen LogP contribution >= 0.6 is 0 Å². The van der Waals surface area contributed by atoms with Crippen LogP contribution in [0.25, 0.3) is 10.9 Å². The van der Waals surface area contributed by atoms with E-state index < -0.39 is 0 Å². The molecule has 2 heterocycles. The molecular weight excluding hydrogens is 258 g/mol. The summed E-state index contributed by atoms with van der Waals surface area (Å²) in [6, 6.07) is 13.1. The normalized spacial score (nSPS) is 12.7. The molecular formula is C18H21N3. The summed E-state index contributed by atoms with van der Waals surface area (Å²) in [6.07, 6.45) is 7.82. The molecule has 0 aliphatic heterocycles. The van der Waals surface area contributed by atoms with Crippen LogP contribution in [0, 0.1) is 0 Å². The van der Waals surface area contributed by atoms with E-state index in [2.05, 4.69) is 53.0 Å². The highest BCUT2D eigenvalue weighted by molar-refractivity contribution is 5.81. The molecule has 1 atom stereocenters. The molecule has 21 heavy (non-hydrogen) atoms. The van der Waals surface area contributed by atoms with E-state index in [-0.39, 0.29) is 6.04 Å². The van der Waals surface area contributed by atoms with Crippen LogP contribution in [0.4, 0.5) is 0 Å². The van der Waals surface area contributed by atoms with Crippen LogP contribution in [-0.2, 0) is 13.0 Å². The number of nitrogens with zero attached hydrogens (tertiary/aromatic N) is 2. The second-order valence-corrected chi connectivity index (χ2v) is 5.57. The molecule has 1 aromatic carbocycles. The summed E-state index contributed by atoms with van der Waals surface area (Å²) < 4.78 is 2.26. The topological polar surface area (TPSA) is 43.8 Å². The molecule has 3 aromatic rings. The Morgan fingerprint density at radius 2 is 2.10 bits per heavy atom. The van der Waals surface area contributed by atoms with E-state index >= 15 is 0 Å². The number of hydrogen-bond acceptors (Lipinski definition) is 2. The zero-order valence-electron chi connectivity index (χ0n) is 12.4. The predicted molar refractivity (Wildman–Crippen MR) is 87.2 cm³/mol. The van der Waals surface area contributed by atoms with Crippen LogP contribution in [0.2, 0.25) is 0 Å². The van der Waals surface area contributed by atoms with Crippen LogP contribution in [-0.4, -0.2) is 15.6 Å². The SMILES string of the molecule is CCC(N)Cc1ccc2c(ccn2Cc2cccnc2)c1. The number of fused-ring (bicyclic) bond motifs is 1. The van der Waals surface area contributed by atoms with Crippen molar-refractivity contribution in [2.75, 3.05) is 0 Å². The zero-order chi connectivity index (χ0) is 14.7. The Morgan fingerprint density at radius 1 is 1.19 bits per heavy atom. The van der Waals surface area contributed by atoms with Crippen LogP contribution in [0.15, 0.2) is 55.0 Å². The van der Waals surface area contributed by atoms with E-state index in [1.165, 1.54) is 22.0 Å². The highest BCUT2D eigenvalue weighted by Gasteiger charge is 2.06. The van der Waals surface area contributed by atoms with Crippen LogP contribution in [0.1, 0.15) is 24.5 Å². The average Bonchev–Trinajstić information content (AvgIpc) is 2.90. The summed E-state index contributed by atoms with van der Waals surface area (Å²) in [7, 11) is 0. The standard InChI is InChI=1S/C18H21N3/c1-2-17(19)11-14-5-6-18-16(10-14)7-9-21(18)13-15-4-3-8-20-12-15/h3-10,12,17H,2,11,13,19H2,1H3. The van der Waals surface area contributed by atoms with E-state index in [0.29, 0.717) is 0 Å². The van der Waals surface area contributed by atoms with Gasteiger partial charge in [0.15, 0.2) is 0 Å². The third kappa shape index (κ3) is 3.14. The minimum atomic E-state index is 0.250. The first-order valence-electron chi connectivity index (χ1n) is 7.48. The molecule has 0 amide bonds. The van der Waals surface area contributed by atoms with Gasteiger partial charge in [-0.2, -0.15) is 0 Å². The molecule has 108 valence electrons. The summed E-state index contributed by atoms with van der Waals surface area (Å²) in [5, 5.41) is 1.28. The van der Waals surface area contributed by atoms with Gasteiger partial charge in [-0.15, -0.1) is 0 Å². The van der Waals surface area contributed by atoms with Gasteiger partial charge >= 0.3 is 0 Å². The van der Waals surface area contributed by atoms with Crippen molar-refractivity contribution in [1.29, 1.82) is 0 Å². The third-order valence-electron chi connectivity index (χ3n) is 3.93. The van der Waals surface area contributed by atoms with Crippen LogP contribution in [0.3, 0.4) is 0 Å². The van der Waals surface area contributed by atoms with Crippen LogP contribution < -0.4 is 5.73 Å². The molecule has 0 bridgehead atoms. The van der Waals surface area contributed by atoms with Crippen molar-refractivity contribution in [2.24, 2.45) is 5.73 Å². The number of rotatable bonds is 5. The van der Waals surface area contributed by atoms with E-state index in [0.717, 1.165) is 19.4 Å². The maximum atomic E-state index is 6.04. The third-order valence-corrected chi connectivity index (χ3v) is 3.93. The fourth-order valence-corrected chi connectivity index (χ4v) is 2.65. The largest absolute Gasteiger partial charge is 0.343 e. The summed E-state index contributed by atoms with van der Waals surface area (Å²) in [6.45, 7) is 2.98. The van der Waals surface area contributed by atoms with Crippen molar-refractivity contribution >= 4 is 10.9 Å². The van der Waals surface area contributed by atoms with Crippen molar-refractivity contribution in [3.63, 3.8) is 0 Å². The molecule has 3 nitrogen and oxygen atoms in total. The van der Waals surface area contributed by atoms with Gasteiger partial charge in [0.05, 0.1) is 0 Å². The lowest BCUT2D eigenvalue weighted by atomic mass is 10.0. The summed E-state index contributed by atoms with van der Waals surface area (Å²) >= 11 is 0. The maximum absolute atomic E-state index is 6.04. The Bertz CT molecular complexity index is 716. The van der Waals surface area contributed by atoms with Gasteiger partial charge in [0.1, 0.15) is 0 Å². The summed E-state index contributed by atoms with van der Waals surface area (Å²) in [4.78, 5) is 4.17. The van der Waals surface area contributed by atoms with Gasteiger partial charge in [-0.25, -0.2) is 0 Å². The van der Waals surface area contributed by atoms with E-state index in [1.54, 1.807) is 6.20 Å². The molecule has 2 aromatic heterocycles. The summed E-state index contributed by atoms with van der Waals surface area (Å²) in [5.41, 5.74) is 9.83. The van der Waals surface area contributed by atoms with E-state index in [9.17, 15) is 0 Å². The van der Waals surface area contributed by atoms with Crippen molar-refractivity contribution in [3.8, 4) is 0 Å². The molecule has 1 unspecified atom stereocenters. The maximum Gasteiger partial charge on any atom is 0.0491 e. The molecule has 0 saturated heterocycles. The fraction of sp³-hybridized carbons (Fsp3) is 0.278. The van der Waals surface area contributed by atoms with Gasteiger partial charge in [0.25, 0.3) is 0 Å². The number of benzene rings is 1. The minimum Gasteiger partial charge on any atom is -0.343 e. The Morgan fingerprint density at radius 3 is 2.86 bits per heavy atom. The molecule has 0 aliphatic rings. The molecule has 3 heteroatoms. The Kier molecular flexibility index (Phi) is 4.02. The quantitative estimate of drug-likeness (QED) is 0.778.